The molecule has 0 aromatic heterocycles. The van der Waals surface area contributed by atoms with Crippen molar-refractivity contribution in [2.24, 2.45) is 0 Å². The number of piperazine rings is 1. The van der Waals surface area contributed by atoms with Gasteiger partial charge < -0.3 is 15.4 Å². The molecule has 0 aromatic rings. The average Bonchev–Trinajstić information content (AvgIpc) is 2.52. The van der Waals surface area contributed by atoms with Crippen LogP contribution < -0.4 is 10.6 Å². The standard InChI is InChI=1S/C14H28N4O2/c1-2-3-16-14(19)13-12-20-11-10-18(13)9-8-17-6-4-15-5-7-17/h13,15H,2-12H2,1H3,(H,16,19). The Hall–Kier alpha value is -0.690. The molecule has 2 heterocycles. The lowest BCUT2D eigenvalue weighted by molar-refractivity contribution is -0.132. The van der Waals surface area contributed by atoms with Crippen LogP contribution in [0, 0.1) is 0 Å². The van der Waals surface area contributed by atoms with Gasteiger partial charge >= 0.3 is 0 Å². The lowest BCUT2D eigenvalue weighted by Crippen LogP contribution is -2.56. The number of morpholine rings is 1. The first-order valence-corrected chi connectivity index (χ1v) is 7.84. The number of carbonyl (C=O) groups is 1. The Morgan fingerprint density at radius 2 is 2.10 bits per heavy atom. The van der Waals surface area contributed by atoms with Gasteiger partial charge in [-0.2, -0.15) is 0 Å². The predicted octanol–water partition coefficient (Wildman–Crippen LogP) is -0.881. The third-order valence-corrected chi connectivity index (χ3v) is 4.00. The van der Waals surface area contributed by atoms with Crippen LogP contribution in [-0.4, -0.2) is 87.3 Å². The zero-order valence-corrected chi connectivity index (χ0v) is 12.6. The van der Waals surface area contributed by atoms with Crippen molar-refractivity contribution < 1.29 is 9.53 Å². The van der Waals surface area contributed by atoms with Crippen LogP contribution in [0.15, 0.2) is 0 Å². The van der Waals surface area contributed by atoms with E-state index >= 15 is 0 Å². The van der Waals surface area contributed by atoms with Crippen molar-refractivity contribution in [1.82, 2.24) is 20.4 Å². The highest BCUT2D eigenvalue weighted by Gasteiger charge is 2.29. The molecule has 2 aliphatic heterocycles. The molecule has 0 aromatic carbocycles. The van der Waals surface area contributed by atoms with Gasteiger partial charge in [0, 0.05) is 52.4 Å². The molecule has 1 atom stereocenters. The van der Waals surface area contributed by atoms with Crippen molar-refractivity contribution in [3.63, 3.8) is 0 Å². The molecule has 0 radical (unpaired) electrons. The molecule has 1 amide bonds. The van der Waals surface area contributed by atoms with Crippen molar-refractivity contribution in [1.29, 1.82) is 0 Å². The van der Waals surface area contributed by atoms with Gasteiger partial charge in [0.2, 0.25) is 5.91 Å². The van der Waals surface area contributed by atoms with Gasteiger partial charge in [0.25, 0.3) is 0 Å². The Bertz CT molecular complexity index is 295. The molecule has 20 heavy (non-hydrogen) atoms. The maximum Gasteiger partial charge on any atom is 0.239 e. The van der Waals surface area contributed by atoms with Gasteiger partial charge in [-0.05, 0) is 6.42 Å². The number of hydrogen-bond acceptors (Lipinski definition) is 5. The number of nitrogens with one attached hydrogen (secondary N) is 2. The average molecular weight is 284 g/mol. The largest absolute Gasteiger partial charge is 0.378 e. The zero-order chi connectivity index (χ0) is 14.2. The number of rotatable bonds is 6. The van der Waals surface area contributed by atoms with E-state index < -0.39 is 0 Å². The quantitative estimate of drug-likeness (QED) is 0.663. The highest BCUT2D eigenvalue weighted by molar-refractivity contribution is 5.81. The summed E-state index contributed by atoms with van der Waals surface area (Å²) < 4.78 is 5.48. The summed E-state index contributed by atoms with van der Waals surface area (Å²) in [5, 5.41) is 6.35. The maximum absolute atomic E-state index is 12.2. The fourth-order valence-corrected chi connectivity index (χ4v) is 2.72. The van der Waals surface area contributed by atoms with Crippen LogP contribution in [0.4, 0.5) is 0 Å². The van der Waals surface area contributed by atoms with Crippen LogP contribution in [0.25, 0.3) is 0 Å². The first-order valence-electron chi connectivity index (χ1n) is 7.84. The lowest BCUT2D eigenvalue weighted by Gasteiger charge is -2.36. The van der Waals surface area contributed by atoms with Crippen LogP contribution in [0.2, 0.25) is 0 Å². The smallest absolute Gasteiger partial charge is 0.239 e. The first-order chi connectivity index (χ1) is 9.81. The lowest BCUT2D eigenvalue weighted by atomic mass is 10.2. The van der Waals surface area contributed by atoms with E-state index in [9.17, 15) is 4.79 Å². The molecule has 2 rings (SSSR count). The van der Waals surface area contributed by atoms with Crippen molar-refractivity contribution in [2.75, 3.05) is 65.6 Å². The zero-order valence-electron chi connectivity index (χ0n) is 12.6. The SMILES string of the molecule is CCCNC(=O)C1COCCN1CCN1CCNCC1. The van der Waals surface area contributed by atoms with E-state index in [1.807, 2.05) is 0 Å². The second-order valence-electron chi connectivity index (χ2n) is 5.51. The molecule has 2 saturated heterocycles. The highest BCUT2D eigenvalue weighted by Crippen LogP contribution is 2.07. The van der Waals surface area contributed by atoms with Crippen molar-refractivity contribution in [3.05, 3.63) is 0 Å². The monoisotopic (exact) mass is 284 g/mol. The van der Waals surface area contributed by atoms with Gasteiger partial charge in [-0.3, -0.25) is 14.6 Å². The minimum absolute atomic E-state index is 0.113. The van der Waals surface area contributed by atoms with Gasteiger partial charge in [-0.25, -0.2) is 0 Å². The predicted molar refractivity (Wildman–Crippen MR) is 78.8 cm³/mol. The molecule has 2 aliphatic rings. The number of hydrogen-bond donors (Lipinski definition) is 2. The molecule has 1 unspecified atom stereocenters. The van der Waals surface area contributed by atoms with Crippen molar-refractivity contribution >= 4 is 5.91 Å². The van der Waals surface area contributed by atoms with Gasteiger partial charge in [-0.15, -0.1) is 0 Å². The fourth-order valence-electron chi connectivity index (χ4n) is 2.72. The number of amides is 1. The Balaban J connectivity index is 1.78. The first kappa shape index (κ1) is 15.7. The van der Waals surface area contributed by atoms with E-state index in [1.165, 1.54) is 0 Å². The van der Waals surface area contributed by atoms with Gasteiger partial charge in [0.1, 0.15) is 6.04 Å². The van der Waals surface area contributed by atoms with E-state index in [2.05, 4.69) is 27.4 Å². The summed E-state index contributed by atoms with van der Waals surface area (Å²) in [4.78, 5) is 16.9. The Labute approximate surface area is 121 Å². The summed E-state index contributed by atoms with van der Waals surface area (Å²) in [6.45, 7) is 11.3. The van der Waals surface area contributed by atoms with Crippen LogP contribution >= 0.6 is 0 Å². The summed E-state index contributed by atoms with van der Waals surface area (Å²) >= 11 is 0. The Kier molecular flexibility index (Phi) is 6.72. The summed E-state index contributed by atoms with van der Waals surface area (Å²) in [5.41, 5.74) is 0. The van der Waals surface area contributed by atoms with E-state index in [0.717, 1.165) is 65.4 Å². The normalized spacial score (nSPS) is 25.6. The van der Waals surface area contributed by atoms with Crippen LogP contribution in [0.1, 0.15) is 13.3 Å². The molecule has 6 nitrogen and oxygen atoms in total. The van der Waals surface area contributed by atoms with E-state index in [1.54, 1.807) is 0 Å². The van der Waals surface area contributed by atoms with Crippen LogP contribution in [0.3, 0.4) is 0 Å². The van der Waals surface area contributed by atoms with Crippen molar-refractivity contribution in [2.45, 2.75) is 19.4 Å². The third kappa shape index (κ3) is 4.70. The summed E-state index contributed by atoms with van der Waals surface area (Å²) in [6.07, 6.45) is 0.972. The molecular formula is C14H28N4O2. The highest BCUT2D eigenvalue weighted by atomic mass is 16.5. The van der Waals surface area contributed by atoms with Crippen LogP contribution in [-0.2, 0) is 9.53 Å². The molecule has 0 saturated carbocycles. The molecule has 0 spiro atoms. The number of carbonyl (C=O) groups excluding carboxylic acids is 1. The van der Waals surface area contributed by atoms with Gasteiger partial charge in [-0.1, -0.05) is 6.92 Å². The summed E-state index contributed by atoms with van der Waals surface area (Å²) in [5.74, 6) is 0.117. The molecular weight excluding hydrogens is 256 g/mol. The molecule has 2 fully saturated rings. The minimum Gasteiger partial charge on any atom is -0.378 e. The summed E-state index contributed by atoms with van der Waals surface area (Å²) in [7, 11) is 0. The Morgan fingerprint density at radius 3 is 2.85 bits per heavy atom. The summed E-state index contributed by atoms with van der Waals surface area (Å²) in [6, 6.07) is -0.113. The van der Waals surface area contributed by atoms with Gasteiger partial charge in [0.05, 0.1) is 13.2 Å². The second-order valence-corrected chi connectivity index (χ2v) is 5.51. The minimum atomic E-state index is -0.113. The molecule has 6 heteroatoms. The number of ether oxygens (including phenoxy) is 1. The maximum atomic E-state index is 12.2. The molecule has 2 N–H and O–H groups in total. The second kappa shape index (κ2) is 8.56. The fraction of sp³-hybridized carbons (Fsp3) is 0.929. The molecule has 0 bridgehead atoms. The number of nitrogens with zero attached hydrogens (tertiary/aromatic N) is 2. The van der Waals surface area contributed by atoms with Crippen molar-refractivity contribution in [3.8, 4) is 0 Å². The third-order valence-electron chi connectivity index (χ3n) is 4.00. The Morgan fingerprint density at radius 1 is 1.30 bits per heavy atom. The van der Waals surface area contributed by atoms with Gasteiger partial charge in [0.15, 0.2) is 0 Å². The van der Waals surface area contributed by atoms with E-state index in [4.69, 9.17) is 4.74 Å². The van der Waals surface area contributed by atoms with Crippen LogP contribution in [0.5, 0.6) is 0 Å². The van der Waals surface area contributed by atoms with E-state index in [-0.39, 0.29) is 11.9 Å². The molecule has 0 aliphatic carbocycles. The topological polar surface area (TPSA) is 56.8 Å². The molecule has 116 valence electrons. The van der Waals surface area contributed by atoms with E-state index in [0.29, 0.717) is 6.61 Å².